The zero-order valence-corrected chi connectivity index (χ0v) is 9.71. The number of carbonyl (C=O) groups is 1. The van der Waals surface area contributed by atoms with Crippen molar-refractivity contribution < 1.29 is 9.90 Å². The molecule has 0 saturated carbocycles. The Bertz CT molecular complexity index is 708. The van der Waals surface area contributed by atoms with Crippen LogP contribution in [0.3, 0.4) is 0 Å². The number of hydrogen-bond donors (Lipinski definition) is 2. The van der Waals surface area contributed by atoms with Crippen molar-refractivity contribution in [3.05, 3.63) is 47.8 Å². The van der Waals surface area contributed by atoms with Gasteiger partial charge in [0.05, 0.1) is 17.5 Å². The van der Waals surface area contributed by atoms with Gasteiger partial charge in [0.2, 0.25) is 0 Å². The van der Waals surface area contributed by atoms with Crippen LogP contribution >= 0.6 is 0 Å². The normalized spacial score (nSPS) is 10.9. The van der Waals surface area contributed by atoms with Gasteiger partial charge in [-0.15, -0.1) is 0 Å². The Hall–Kier alpha value is -2.56. The van der Waals surface area contributed by atoms with E-state index in [1.54, 1.807) is 35.0 Å². The Morgan fingerprint density at radius 3 is 2.89 bits per heavy atom. The van der Waals surface area contributed by atoms with Crippen LogP contribution in [0.5, 0.6) is 0 Å². The molecule has 0 unspecified atom stereocenters. The Labute approximate surface area is 103 Å². The summed E-state index contributed by atoms with van der Waals surface area (Å²) in [6.45, 7) is 1.94. The smallest absolute Gasteiger partial charge is 0.336 e. The quantitative estimate of drug-likeness (QED) is 0.723. The van der Waals surface area contributed by atoms with E-state index in [1.807, 2.05) is 13.0 Å². The van der Waals surface area contributed by atoms with E-state index in [0.29, 0.717) is 11.3 Å². The number of benzene rings is 1. The minimum atomic E-state index is -0.946. The average molecular weight is 241 g/mol. The molecule has 3 rings (SSSR count). The molecule has 90 valence electrons. The van der Waals surface area contributed by atoms with Gasteiger partial charge < -0.3 is 5.11 Å². The zero-order valence-electron chi connectivity index (χ0n) is 9.71. The Balaban J connectivity index is 2.19. The number of aromatic amines is 1. The number of aryl methyl sites for hydroxylation is 1. The fourth-order valence-electron chi connectivity index (χ4n) is 2.02. The molecule has 0 fully saturated rings. The summed E-state index contributed by atoms with van der Waals surface area (Å²) in [6.07, 6.45) is 1.80. The standard InChI is InChI=1S/C13H11N3O2/c1-8-6-12-14-11(7-16(12)15-8)9-4-2-3-5-10(9)13(17)18/h2-7,15H,1H3,(H,17,18). The summed E-state index contributed by atoms with van der Waals surface area (Å²) in [4.78, 5) is 15.6. The summed E-state index contributed by atoms with van der Waals surface area (Å²) in [7, 11) is 0. The van der Waals surface area contributed by atoms with Crippen molar-refractivity contribution in [3.8, 4) is 11.3 Å². The summed E-state index contributed by atoms with van der Waals surface area (Å²) in [5.74, 6) is -0.946. The van der Waals surface area contributed by atoms with Gasteiger partial charge in [-0.05, 0) is 13.0 Å². The van der Waals surface area contributed by atoms with Gasteiger partial charge in [-0.2, -0.15) is 0 Å². The Kier molecular flexibility index (Phi) is 2.19. The number of fused-ring (bicyclic) bond motifs is 1. The van der Waals surface area contributed by atoms with Gasteiger partial charge in [-0.3, -0.25) is 5.10 Å². The van der Waals surface area contributed by atoms with Gasteiger partial charge in [-0.25, -0.2) is 14.3 Å². The molecular formula is C13H11N3O2. The van der Waals surface area contributed by atoms with Gasteiger partial charge in [0.15, 0.2) is 5.65 Å². The summed E-state index contributed by atoms with van der Waals surface area (Å²) in [5.41, 5.74) is 3.33. The highest BCUT2D eigenvalue weighted by molar-refractivity contribution is 5.95. The molecule has 2 aromatic heterocycles. The number of aromatic carboxylic acids is 1. The molecule has 5 nitrogen and oxygen atoms in total. The molecule has 0 atom stereocenters. The largest absolute Gasteiger partial charge is 0.478 e. The fourth-order valence-corrected chi connectivity index (χ4v) is 2.02. The van der Waals surface area contributed by atoms with Crippen molar-refractivity contribution in [1.29, 1.82) is 0 Å². The lowest BCUT2D eigenvalue weighted by molar-refractivity contribution is 0.0697. The highest BCUT2D eigenvalue weighted by atomic mass is 16.4. The third kappa shape index (κ3) is 1.57. The number of rotatable bonds is 2. The average Bonchev–Trinajstić information content (AvgIpc) is 2.85. The van der Waals surface area contributed by atoms with Gasteiger partial charge in [0.25, 0.3) is 0 Å². The molecule has 0 amide bonds. The van der Waals surface area contributed by atoms with Gasteiger partial charge in [-0.1, -0.05) is 18.2 Å². The maximum atomic E-state index is 11.2. The molecule has 18 heavy (non-hydrogen) atoms. The second kappa shape index (κ2) is 3.73. The van der Waals surface area contributed by atoms with Crippen LogP contribution in [0.25, 0.3) is 16.9 Å². The van der Waals surface area contributed by atoms with Gasteiger partial charge >= 0.3 is 5.97 Å². The number of nitrogens with one attached hydrogen (secondary N) is 1. The lowest BCUT2D eigenvalue weighted by Crippen LogP contribution is -1.99. The van der Waals surface area contributed by atoms with E-state index in [9.17, 15) is 4.79 Å². The zero-order chi connectivity index (χ0) is 12.7. The van der Waals surface area contributed by atoms with E-state index in [4.69, 9.17) is 5.11 Å². The summed E-state index contributed by atoms with van der Waals surface area (Å²) in [5, 5.41) is 12.3. The number of aromatic nitrogens is 3. The lowest BCUT2D eigenvalue weighted by Gasteiger charge is -2.01. The first-order chi connectivity index (χ1) is 8.65. The minimum Gasteiger partial charge on any atom is -0.478 e. The molecule has 3 aromatic rings. The first-order valence-corrected chi connectivity index (χ1v) is 5.52. The second-order valence-corrected chi connectivity index (χ2v) is 4.14. The monoisotopic (exact) mass is 241 g/mol. The molecule has 0 radical (unpaired) electrons. The third-order valence-corrected chi connectivity index (χ3v) is 2.81. The predicted octanol–water partition coefficient (Wildman–Crippen LogP) is 2.34. The maximum Gasteiger partial charge on any atom is 0.336 e. The molecule has 0 aliphatic heterocycles. The fraction of sp³-hybridized carbons (Fsp3) is 0.0769. The Morgan fingerprint density at radius 2 is 2.17 bits per heavy atom. The number of H-pyrrole nitrogens is 1. The van der Waals surface area contributed by atoms with E-state index in [-0.39, 0.29) is 5.56 Å². The molecule has 5 heteroatoms. The van der Waals surface area contributed by atoms with E-state index >= 15 is 0 Å². The van der Waals surface area contributed by atoms with Crippen molar-refractivity contribution in [1.82, 2.24) is 14.6 Å². The van der Waals surface area contributed by atoms with Crippen molar-refractivity contribution in [2.24, 2.45) is 0 Å². The maximum absolute atomic E-state index is 11.2. The molecule has 1 aromatic carbocycles. The molecular weight excluding hydrogens is 230 g/mol. The van der Waals surface area contributed by atoms with E-state index in [0.717, 1.165) is 11.3 Å². The van der Waals surface area contributed by atoms with Gasteiger partial charge in [0, 0.05) is 17.3 Å². The van der Waals surface area contributed by atoms with Crippen LogP contribution in [0.15, 0.2) is 36.5 Å². The van der Waals surface area contributed by atoms with Crippen molar-refractivity contribution in [2.45, 2.75) is 6.92 Å². The molecule has 2 heterocycles. The molecule has 0 spiro atoms. The SMILES string of the molecule is Cc1cc2nc(-c3ccccc3C(=O)O)cn2[nH]1. The van der Waals surface area contributed by atoms with Crippen LogP contribution < -0.4 is 0 Å². The van der Waals surface area contributed by atoms with Crippen molar-refractivity contribution in [3.63, 3.8) is 0 Å². The number of imidazole rings is 1. The highest BCUT2D eigenvalue weighted by Crippen LogP contribution is 2.23. The number of nitrogens with zero attached hydrogens (tertiary/aromatic N) is 2. The van der Waals surface area contributed by atoms with E-state index in [2.05, 4.69) is 10.1 Å². The highest BCUT2D eigenvalue weighted by Gasteiger charge is 2.14. The van der Waals surface area contributed by atoms with Crippen LogP contribution in [0.2, 0.25) is 0 Å². The van der Waals surface area contributed by atoms with Crippen LogP contribution in [0, 0.1) is 6.92 Å². The molecule has 2 N–H and O–H groups in total. The first-order valence-electron chi connectivity index (χ1n) is 5.52. The topological polar surface area (TPSA) is 70.4 Å². The summed E-state index contributed by atoms with van der Waals surface area (Å²) in [6, 6.07) is 8.77. The second-order valence-electron chi connectivity index (χ2n) is 4.14. The van der Waals surface area contributed by atoms with Crippen LogP contribution in [0.1, 0.15) is 16.1 Å². The lowest BCUT2D eigenvalue weighted by atomic mass is 10.1. The summed E-state index contributed by atoms with van der Waals surface area (Å²) < 4.78 is 1.78. The summed E-state index contributed by atoms with van der Waals surface area (Å²) >= 11 is 0. The van der Waals surface area contributed by atoms with E-state index < -0.39 is 5.97 Å². The number of carboxylic acid groups (broad SMARTS) is 1. The predicted molar refractivity (Wildman–Crippen MR) is 66.7 cm³/mol. The third-order valence-electron chi connectivity index (χ3n) is 2.81. The number of carboxylic acids is 1. The molecule has 0 bridgehead atoms. The molecule has 0 aliphatic rings. The van der Waals surface area contributed by atoms with Crippen LogP contribution in [0.4, 0.5) is 0 Å². The van der Waals surface area contributed by atoms with Crippen LogP contribution in [-0.4, -0.2) is 25.7 Å². The molecule has 0 saturated heterocycles. The first kappa shape index (κ1) is 10.6. The van der Waals surface area contributed by atoms with Crippen molar-refractivity contribution in [2.75, 3.05) is 0 Å². The molecule has 0 aliphatic carbocycles. The van der Waals surface area contributed by atoms with Gasteiger partial charge in [0.1, 0.15) is 0 Å². The van der Waals surface area contributed by atoms with Crippen molar-refractivity contribution >= 4 is 11.6 Å². The number of hydrogen-bond acceptors (Lipinski definition) is 2. The van der Waals surface area contributed by atoms with E-state index in [1.165, 1.54) is 0 Å². The van der Waals surface area contributed by atoms with Crippen LogP contribution in [-0.2, 0) is 0 Å². The minimum absolute atomic E-state index is 0.259. The Morgan fingerprint density at radius 1 is 1.39 bits per heavy atom.